The molecule has 0 saturated heterocycles. The average Bonchev–Trinajstić information content (AvgIpc) is 2.89. The van der Waals surface area contributed by atoms with Gasteiger partial charge in [0.2, 0.25) is 0 Å². The third-order valence-electron chi connectivity index (χ3n) is 3.97. The van der Waals surface area contributed by atoms with E-state index in [-0.39, 0.29) is 4.83 Å². The highest BCUT2D eigenvalue weighted by molar-refractivity contribution is 9.09. The van der Waals surface area contributed by atoms with E-state index in [4.69, 9.17) is 0 Å². The van der Waals surface area contributed by atoms with Crippen LogP contribution in [-0.2, 0) is 12.8 Å². The molecule has 3 heteroatoms. The summed E-state index contributed by atoms with van der Waals surface area (Å²) < 4.78 is 27.3. The van der Waals surface area contributed by atoms with Gasteiger partial charge in [0.25, 0.3) is 0 Å². The van der Waals surface area contributed by atoms with Gasteiger partial charge in [-0.05, 0) is 54.5 Å². The molecule has 0 radical (unpaired) electrons. The fourth-order valence-corrected chi connectivity index (χ4v) is 3.44. The number of hydrogen-bond donors (Lipinski definition) is 0. The normalized spacial score (nSPS) is 15.2. The number of benzene rings is 2. The zero-order valence-electron chi connectivity index (χ0n) is 11.2. The molecule has 3 rings (SSSR count). The lowest BCUT2D eigenvalue weighted by Crippen LogP contribution is -2.00. The van der Waals surface area contributed by atoms with Gasteiger partial charge in [0.05, 0.1) is 4.83 Å². The molecule has 0 spiro atoms. The fraction of sp³-hybridized carbons (Fsp3) is 0.294. The van der Waals surface area contributed by atoms with E-state index in [9.17, 15) is 8.78 Å². The first-order chi connectivity index (χ1) is 9.56. The second kappa shape index (κ2) is 5.28. The molecular weight excluding hydrogens is 322 g/mol. The summed E-state index contributed by atoms with van der Waals surface area (Å²) in [5, 5.41) is 0. The first-order valence-electron chi connectivity index (χ1n) is 6.77. The summed E-state index contributed by atoms with van der Waals surface area (Å²) in [5.41, 5.74) is 4.72. The molecule has 104 valence electrons. The van der Waals surface area contributed by atoms with E-state index in [1.807, 2.05) is 6.07 Å². The Kier molecular flexibility index (Phi) is 3.63. The smallest absolute Gasteiger partial charge is 0.130 e. The van der Waals surface area contributed by atoms with Crippen LogP contribution in [0.1, 0.15) is 39.1 Å². The van der Waals surface area contributed by atoms with Gasteiger partial charge in [-0.25, -0.2) is 8.78 Å². The number of rotatable bonds is 2. The van der Waals surface area contributed by atoms with Crippen molar-refractivity contribution in [1.29, 1.82) is 0 Å². The van der Waals surface area contributed by atoms with E-state index in [0.29, 0.717) is 11.1 Å². The van der Waals surface area contributed by atoms with Gasteiger partial charge in [-0.15, -0.1) is 0 Å². The number of aryl methyl sites for hydroxylation is 3. The van der Waals surface area contributed by atoms with Crippen LogP contribution in [0.4, 0.5) is 8.78 Å². The lowest BCUT2D eigenvalue weighted by atomic mass is 9.99. The van der Waals surface area contributed by atoms with Crippen LogP contribution in [0.2, 0.25) is 0 Å². The molecule has 0 amide bonds. The molecule has 0 aliphatic heterocycles. The molecule has 1 unspecified atom stereocenters. The third kappa shape index (κ3) is 2.39. The van der Waals surface area contributed by atoms with Crippen LogP contribution in [0.5, 0.6) is 0 Å². The second-order valence-corrected chi connectivity index (χ2v) is 6.28. The second-order valence-electron chi connectivity index (χ2n) is 5.37. The van der Waals surface area contributed by atoms with Crippen molar-refractivity contribution in [2.24, 2.45) is 0 Å². The maximum atomic E-state index is 14.0. The standard InChI is InChI=1S/C17H15BrF2/c1-10-7-14(16(20)9-15(10)19)17(18)13-6-5-11-3-2-4-12(11)8-13/h5-9,17H,2-4H2,1H3. The lowest BCUT2D eigenvalue weighted by molar-refractivity contribution is 0.569. The zero-order valence-corrected chi connectivity index (χ0v) is 12.8. The molecule has 0 fully saturated rings. The van der Waals surface area contributed by atoms with Gasteiger partial charge < -0.3 is 0 Å². The molecule has 1 aliphatic carbocycles. The Bertz CT molecular complexity index is 664. The van der Waals surface area contributed by atoms with Gasteiger partial charge in [0.1, 0.15) is 11.6 Å². The minimum atomic E-state index is -0.504. The number of fused-ring (bicyclic) bond motifs is 1. The first-order valence-corrected chi connectivity index (χ1v) is 7.69. The van der Waals surface area contributed by atoms with Crippen LogP contribution in [0.3, 0.4) is 0 Å². The van der Waals surface area contributed by atoms with Gasteiger partial charge in [-0.2, -0.15) is 0 Å². The average molecular weight is 337 g/mol. The molecule has 0 N–H and O–H groups in total. The van der Waals surface area contributed by atoms with E-state index in [2.05, 4.69) is 28.1 Å². The molecule has 2 aromatic carbocycles. The van der Waals surface area contributed by atoms with E-state index in [1.165, 1.54) is 17.5 Å². The van der Waals surface area contributed by atoms with Gasteiger partial charge in [-0.1, -0.05) is 34.1 Å². The summed E-state index contributed by atoms with van der Waals surface area (Å²) in [6, 6.07) is 8.84. The van der Waals surface area contributed by atoms with Crippen molar-refractivity contribution in [3.05, 3.63) is 69.8 Å². The molecule has 1 atom stereocenters. The van der Waals surface area contributed by atoms with Crippen molar-refractivity contribution >= 4 is 15.9 Å². The molecule has 20 heavy (non-hydrogen) atoms. The Morgan fingerprint density at radius 3 is 2.55 bits per heavy atom. The molecule has 1 aliphatic rings. The molecule has 2 aromatic rings. The summed E-state index contributed by atoms with van der Waals surface area (Å²) in [4.78, 5) is -0.243. The minimum Gasteiger partial charge on any atom is -0.207 e. The SMILES string of the molecule is Cc1cc(C(Br)c2ccc3c(c2)CCC3)c(F)cc1F. The molecule has 0 heterocycles. The number of hydrogen-bond acceptors (Lipinski definition) is 0. The lowest BCUT2D eigenvalue weighted by Gasteiger charge is -2.14. The van der Waals surface area contributed by atoms with Gasteiger partial charge in [0.15, 0.2) is 0 Å². The van der Waals surface area contributed by atoms with Crippen molar-refractivity contribution < 1.29 is 8.78 Å². The maximum Gasteiger partial charge on any atom is 0.130 e. The van der Waals surface area contributed by atoms with Gasteiger partial charge in [0, 0.05) is 11.6 Å². The van der Waals surface area contributed by atoms with Crippen molar-refractivity contribution in [3.63, 3.8) is 0 Å². The van der Waals surface area contributed by atoms with E-state index in [0.717, 1.165) is 24.5 Å². The Balaban J connectivity index is 2.00. The minimum absolute atomic E-state index is 0.243. The zero-order chi connectivity index (χ0) is 14.3. The quantitative estimate of drug-likeness (QED) is 0.657. The Labute approximate surface area is 126 Å². The Morgan fingerprint density at radius 2 is 1.75 bits per heavy atom. The van der Waals surface area contributed by atoms with E-state index in [1.54, 1.807) is 13.0 Å². The van der Waals surface area contributed by atoms with Gasteiger partial charge >= 0.3 is 0 Å². The summed E-state index contributed by atoms with van der Waals surface area (Å²) in [5.74, 6) is -1.00. The van der Waals surface area contributed by atoms with Crippen LogP contribution < -0.4 is 0 Å². The van der Waals surface area contributed by atoms with Crippen LogP contribution in [0.15, 0.2) is 30.3 Å². The monoisotopic (exact) mass is 336 g/mol. The number of alkyl halides is 1. The predicted molar refractivity (Wildman–Crippen MR) is 80.3 cm³/mol. The van der Waals surface area contributed by atoms with E-state index < -0.39 is 11.6 Å². The van der Waals surface area contributed by atoms with Crippen molar-refractivity contribution in [2.45, 2.75) is 31.0 Å². The van der Waals surface area contributed by atoms with Crippen LogP contribution in [0.25, 0.3) is 0 Å². The van der Waals surface area contributed by atoms with Crippen LogP contribution in [0, 0.1) is 18.6 Å². The molecule has 0 aromatic heterocycles. The Hall–Kier alpha value is -1.22. The third-order valence-corrected chi connectivity index (χ3v) is 4.99. The highest BCUT2D eigenvalue weighted by Gasteiger charge is 2.19. The highest BCUT2D eigenvalue weighted by Crippen LogP contribution is 2.35. The van der Waals surface area contributed by atoms with Crippen LogP contribution in [-0.4, -0.2) is 0 Å². The summed E-state index contributed by atoms with van der Waals surface area (Å²) >= 11 is 3.55. The van der Waals surface area contributed by atoms with E-state index >= 15 is 0 Å². The van der Waals surface area contributed by atoms with Crippen molar-refractivity contribution in [3.8, 4) is 0 Å². The number of halogens is 3. The van der Waals surface area contributed by atoms with Crippen molar-refractivity contribution in [2.75, 3.05) is 0 Å². The largest absolute Gasteiger partial charge is 0.207 e. The first kappa shape index (κ1) is 13.7. The molecule has 0 nitrogen and oxygen atoms in total. The topological polar surface area (TPSA) is 0 Å². The predicted octanol–water partition coefficient (Wildman–Crippen LogP) is 5.25. The van der Waals surface area contributed by atoms with Gasteiger partial charge in [-0.3, -0.25) is 0 Å². The maximum absolute atomic E-state index is 14.0. The summed E-state index contributed by atoms with van der Waals surface area (Å²) in [6.07, 6.45) is 3.41. The summed E-state index contributed by atoms with van der Waals surface area (Å²) in [7, 11) is 0. The fourth-order valence-electron chi connectivity index (χ4n) is 2.80. The summed E-state index contributed by atoms with van der Waals surface area (Å²) in [6.45, 7) is 1.65. The van der Waals surface area contributed by atoms with Crippen molar-refractivity contribution in [1.82, 2.24) is 0 Å². The Morgan fingerprint density at radius 1 is 1.00 bits per heavy atom. The van der Waals surface area contributed by atoms with Crippen LogP contribution >= 0.6 is 15.9 Å². The molecule has 0 saturated carbocycles. The molecular formula is C17H15BrF2. The molecule has 0 bridgehead atoms. The highest BCUT2D eigenvalue weighted by atomic mass is 79.9.